The fraction of sp³-hybridized carbons (Fsp3) is 0.554. The third-order valence-electron chi connectivity index (χ3n) is 16.3. The average molecular weight is 1060 g/mol. The van der Waals surface area contributed by atoms with Crippen molar-refractivity contribution < 1.29 is 42.2 Å². The highest BCUT2D eigenvalue weighted by molar-refractivity contribution is 6.88. The molecule has 17 nitrogen and oxygen atoms in total. The summed E-state index contributed by atoms with van der Waals surface area (Å²) in [6, 6.07) is 10.00. The standard InChI is InChI=1S/C56H73F2N10O7Si/c1-10-67-42-18-17-35-29-39(42)44-45(49(74-9)46-38(48(44)67)14-11-22-59-46)55(4,5)33-75-52(71)40-15-12-24-68(61-40)54(73)76(31-37-28-36(50(57)58)30-41(35)60-37)62-51(70)47(34(2)3)64(8)53(72)65-25-19-56(20-26-65)21-27-66(32-56)43(69)16-13-23-63(6)7/h11,13-14,16-18,22,28-30,34,40,45,47,49-50,61H,10,12,15,19-21,23-27,31-33H2,1-9H3,(H,62,70)/b16-13+/t40-,45?,47-,49-/m0/s1. The van der Waals surface area contributed by atoms with E-state index >= 15 is 13.6 Å². The molecule has 1 aliphatic carbocycles. The molecule has 5 aliphatic rings. The first kappa shape index (κ1) is 54.7. The maximum atomic E-state index is 15.1. The summed E-state index contributed by atoms with van der Waals surface area (Å²) in [6.07, 6.45) is 4.91. The van der Waals surface area contributed by atoms with Gasteiger partial charge in [0, 0.05) is 123 Å². The van der Waals surface area contributed by atoms with Gasteiger partial charge in [0.25, 0.3) is 15.4 Å². The number of hydrazine groups is 1. The highest BCUT2D eigenvalue weighted by atomic mass is 28.3. The Hall–Kier alpha value is -6.09. The molecular weight excluding hydrogens is 991 g/mol. The van der Waals surface area contributed by atoms with Crippen LogP contribution in [0.5, 0.6) is 0 Å². The van der Waals surface area contributed by atoms with Crippen molar-refractivity contribution in [2.24, 2.45) is 16.7 Å². The lowest BCUT2D eigenvalue weighted by Gasteiger charge is -2.42. The monoisotopic (exact) mass is 1060 g/mol. The Morgan fingerprint density at radius 3 is 2.45 bits per heavy atom. The molecule has 1 unspecified atom stereocenters. The number of rotatable bonds is 10. The molecule has 0 saturated carbocycles. The SMILES string of the molecule is CCn1c2c3c4cc(ccc41)-c1cc(C(F)F)cc(n1)C[Si](NC(=O)[C@H](C(C)C)N(C)C(=O)N1CCC4(CCN(C(=O)/C=C/CN(C)C)C4)CC1)C(=O)N1CCC[C@H](N1)C(=O)OCC(C)(C)C3[C@H](OC)c1ncccc1-2. The molecule has 1 spiro atoms. The van der Waals surface area contributed by atoms with Crippen LogP contribution in [0.1, 0.15) is 108 Å². The first-order valence-electron chi connectivity index (χ1n) is 26.7. The number of piperidine rings is 1. The number of carbonyl (C=O) groups excluding carboxylic acids is 5. The van der Waals surface area contributed by atoms with E-state index in [9.17, 15) is 19.2 Å². The van der Waals surface area contributed by atoms with Crippen molar-refractivity contribution >= 4 is 49.2 Å². The molecule has 407 valence electrons. The number of urea groups is 1. The number of likely N-dealkylation sites (N-methyl/N-ethyl adjacent to an activating group) is 2. The van der Waals surface area contributed by atoms with Crippen LogP contribution in [0.4, 0.5) is 18.4 Å². The van der Waals surface area contributed by atoms with E-state index < -0.39 is 68.2 Å². The van der Waals surface area contributed by atoms with E-state index in [1.54, 1.807) is 31.3 Å². The summed E-state index contributed by atoms with van der Waals surface area (Å²) in [4.78, 5) is 91.4. The Morgan fingerprint density at radius 1 is 1.03 bits per heavy atom. The van der Waals surface area contributed by atoms with Gasteiger partial charge in [0.1, 0.15) is 18.2 Å². The van der Waals surface area contributed by atoms with E-state index in [0.29, 0.717) is 70.5 Å². The van der Waals surface area contributed by atoms with E-state index in [1.807, 2.05) is 88.0 Å². The minimum atomic E-state index is -2.89. The van der Waals surface area contributed by atoms with Gasteiger partial charge in [-0.1, -0.05) is 39.8 Å². The number of alkyl halides is 2. The van der Waals surface area contributed by atoms with Crippen molar-refractivity contribution in [3.63, 3.8) is 0 Å². The van der Waals surface area contributed by atoms with Gasteiger partial charge in [-0.2, -0.15) is 0 Å². The molecule has 3 aromatic heterocycles. The zero-order valence-electron chi connectivity index (χ0n) is 45.3. The smallest absolute Gasteiger partial charge is 0.324 e. The summed E-state index contributed by atoms with van der Waals surface area (Å²) in [5.41, 5.74) is 7.00. The Bertz CT molecular complexity index is 2900. The van der Waals surface area contributed by atoms with Gasteiger partial charge in [0.05, 0.1) is 23.7 Å². The lowest BCUT2D eigenvalue weighted by Crippen LogP contribution is -2.64. The van der Waals surface area contributed by atoms with Crippen LogP contribution in [-0.2, 0) is 36.4 Å². The Morgan fingerprint density at radius 2 is 1.76 bits per heavy atom. The summed E-state index contributed by atoms with van der Waals surface area (Å²) in [5.74, 6) is -1.91. The van der Waals surface area contributed by atoms with Gasteiger partial charge in [-0.15, -0.1) is 0 Å². The van der Waals surface area contributed by atoms with Crippen LogP contribution in [0, 0.1) is 16.7 Å². The average Bonchev–Trinajstić information content (AvgIpc) is 4.07. The molecule has 4 atom stereocenters. The van der Waals surface area contributed by atoms with Gasteiger partial charge in [-0.3, -0.25) is 34.2 Å². The molecule has 9 rings (SSSR count). The molecule has 3 saturated heterocycles. The lowest BCUT2D eigenvalue weighted by molar-refractivity contribution is -0.153. The molecule has 2 N–H and O–H groups in total. The van der Waals surface area contributed by atoms with Gasteiger partial charge in [-0.05, 0) is 106 Å². The van der Waals surface area contributed by atoms with Crippen LogP contribution in [0.2, 0.25) is 0 Å². The normalized spacial score (nSPS) is 22.1. The number of likely N-dealkylation sites (tertiary alicyclic amines) is 2. The number of carbonyl (C=O) groups is 5. The highest BCUT2D eigenvalue weighted by Gasteiger charge is 2.49. The first-order chi connectivity index (χ1) is 36.2. The molecule has 20 heteroatoms. The number of methoxy groups -OCH3 is 1. The number of cyclic esters (lactones) is 1. The third kappa shape index (κ3) is 10.7. The number of aryl methyl sites for hydroxylation is 1. The zero-order valence-corrected chi connectivity index (χ0v) is 46.3. The highest BCUT2D eigenvalue weighted by Crippen LogP contribution is 2.57. The molecule has 4 aromatic rings. The largest absolute Gasteiger partial charge is 0.464 e. The molecule has 4 aliphatic heterocycles. The van der Waals surface area contributed by atoms with Crippen molar-refractivity contribution in [2.45, 2.75) is 110 Å². The van der Waals surface area contributed by atoms with E-state index in [-0.39, 0.29) is 53.5 Å². The predicted octanol–water partition coefficient (Wildman–Crippen LogP) is 7.46. The number of halogens is 2. The number of ether oxygens (including phenoxy) is 2. The number of esters is 1. The van der Waals surface area contributed by atoms with Gasteiger partial charge >= 0.3 is 12.0 Å². The summed E-state index contributed by atoms with van der Waals surface area (Å²) >= 11 is 0. The molecular formula is C56H73F2N10O7Si. The Balaban J connectivity index is 1.04. The van der Waals surface area contributed by atoms with E-state index in [1.165, 1.54) is 22.0 Å². The van der Waals surface area contributed by atoms with E-state index in [2.05, 4.69) is 21.9 Å². The van der Waals surface area contributed by atoms with Gasteiger partial charge in [0.15, 0.2) is 0 Å². The second-order valence-electron chi connectivity index (χ2n) is 22.7. The van der Waals surface area contributed by atoms with Crippen molar-refractivity contribution in [2.75, 3.05) is 74.1 Å². The predicted molar refractivity (Wildman–Crippen MR) is 286 cm³/mol. The number of nitrogens with zero attached hydrogens (tertiary/aromatic N) is 8. The lowest BCUT2D eigenvalue weighted by atomic mass is 9.67. The quantitative estimate of drug-likeness (QED) is 0.0917. The van der Waals surface area contributed by atoms with E-state index in [4.69, 9.17) is 19.4 Å². The van der Waals surface area contributed by atoms with Gasteiger partial charge in [0.2, 0.25) is 17.3 Å². The fourth-order valence-corrected chi connectivity index (χ4v) is 14.2. The van der Waals surface area contributed by atoms with Gasteiger partial charge < -0.3 is 38.6 Å². The topological polar surface area (TPSA) is 175 Å². The van der Waals surface area contributed by atoms with Crippen LogP contribution in [0.25, 0.3) is 33.4 Å². The van der Waals surface area contributed by atoms with E-state index in [0.717, 1.165) is 39.8 Å². The number of hydrogen-bond acceptors (Lipinski definition) is 11. The summed E-state index contributed by atoms with van der Waals surface area (Å²) in [6.45, 7) is 13.5. The van der Waals surface area contributed by atoms with Crippen LogP contribution in [-0.4, -0.2) is 164 Å². The van der Waals surface area contributed by atoms with Crippen LogP contribution in [0.15, 0.2) is 60.8 Å². The Kier molecular flexibility index (Phi) is 15.9. The minimum Gasteiger partial charge on any atom is -0.464 e. The molecule has 1 radical (unpaired) electrons. The molecule has 5 amide bonds. The summed E-state index contributed by atoms with van der Waals surface area (Å²) in [5, 5.41) is 2.21. The summed E-state index contributed by atoms with van der Waals surface area (Å²) < 4.78 is 45.0. The number of aromatic nitrogens is 3. The maximum Gasteiger partial charge on any atom is 0.324 e. The number of pyridine rings is 2. The zero-order chi connectivity index (χ0) is 54.4. The van der Waals surface area contributed by atoms with Crippen LogP contribution >= 0.6 is 0 Å². The van der Waals surface area contributed by atoms with Crippen LogP contribution in [0.3, 0.4) is 0 Å². The first-order valence-corrected chi connectivity index (χ1v) is 28.4. The molecule has 76 heavy (non-hydrogen) atoms. The van der Waals surface area contributed by atoms with Crippen molar-refractivity contribution in [3.8, 4) is 22.5 Å². The number of hydrogen-bond donors (Lipinski definition) is 2. The van der Waals surface area contributed by atoms with Crippen molar-refractivity contribution in [1.82, 2.24) is 49.6 Å². The number of benzene rings is 1. The second-order valence-corrected chi connectivity index (χ2v) is 24.6. The Labute approximate surface area is 446 Å². The molecule has 7 heterocycles. The fourth-order valence-electron chi connectivity index (χ4n) is 12.4. The third-order valence-corrected chi connectivity index (χ3v) is 18.4. The summed E-state index contributed by atoms with van der Waals surface area (Å²) in [7, 11) is 4.32. The second kappa shape index (κ2) is 22.1. The minimum absolute atomic E-state index is 0.00872. The molecule has 1 aromatic carbocycles. The maximum absolute atomic E-state index is 15.1. The van der Waals surface area contributed by atoms with Crippen molar-refractivity contribution in [1.29, 1.82) is 0 Å². The molecule has 6 bridgehead atoms. The van der Waals surface area contributed by atoms with Crippen LogP contribution < -0.4 is 10.4 Å². The molecule has 3 fully saturated rings. The van der Waals surface area contributed by atoms with Gasteiger partial charge in [-0.25, -0.2) is 19.0 Å². The van der Waals surface area contributed by atoms with Crippen molar-refractivity contribution in [3.05, 3.63) is 83.3 Å². The number of amides is 5. The number of nitrogens with one attached hydrogen (secondary N) is 2. The number of fused-ring (bicyclic) bond motifs is 8.